The van der Waals surface area contributed by atoms with Crippen molar-refractivity contribution in [2.75, 3.05) is 32.8 Å². The smallest absolute Gasteiger partial charge is 0.309 e. The van der Waals surface area contributed by atoms with Gasteiger partial charge in [-0.15, -0.1) is 0 Å². The van der Waals surface area contributed by atoms with Crippen molar-refractivity contribution in [3.63, 3.8) is 0 Å². The van der Waals surface area contributed by atoms with Gasteiger partial charge in [0.15, 0.2) is 0 Å². The molecule has 5 heteroatoms. The Morgan fingerprint density at radius 1 is 1.26 bits per heavy atom. The van der Waals surface area contributed by atoms with Crippen LogP contribution in [0, 0.1) is 5.92 Å². The summed E-state index contributed by atoms with van der Waals surface area (Å²) in [4.78, 5) is 13.3. The zero-order valence-corrected chi connectivity index (χ0v) is 15.4. The van der Waals surface area contributed by atoms with Gasteiger partial charge in [-0.3, -0.25) is 4.79 Å². The normalized spacial score (nSPS) is 21.0. The number of likely N-dealkylation sites (tertiary alicyclic amines) is 1. The molecule has 0 amide bonds. The first kappa shape index (κ1) is 18.3. The Morgan fingerprint density at radius 3 is 2.70 bits per heavy atom. The molecule has 128 valence electrons. The molecule has 0 atom stereocenters. The van der Waals surface area contributed by atoms with Gasteiger partial charge in [0.05, 0.1) is 43.2 Å². The number of halogens is 1. The minimum atomic E-state index is -0.00612. The van der Waals surface area contributed by atoms with Gasteiger partial charge in [0.1, 0.15) is 5.75 Å². The topological polar surface area (TPSA) is 40.0 Å². The summed E-state index contributed by atoms with van der Waals surface area (Å²) in [5, 5.41) is 0. The molecule has 0 radical (unpaired) electrons. The number of hydrogen-bond acceptors (Lipinski definition) is 3. The number of rotatable bonds is 8. The molecule has 2 rings (SSSR count). The number of carbonyl (C=O) groups excluding carboxylic acids is 1. The number of benzene rings is 1. The molecule has 0 aromatic heterocycles. The fourth-order valence-electron chi connectivity index (χ4n) is 2.99. The first-order valence-electron chi connectivity index (χ1n) is 8.58. The first-order chi connectivity index (χ1) is 11.2. The predicted molar refractivity (Wildman–Crippen MR) is 93.8 cm³/mol. The van der Waals surface area contributed by atoms with Crippen molar-refractivity contribution in [2.45, 2.75) is 32.6 Å². The van der Waals surface area contributed by atoms with Crippen molar-refractivity contribution in [3.8, 4) is 5.75 Å². The highest BCUT2D eigenvalue weighted by atomic mass is 79.9. The van der Waals surface area contributed by atoms with E-state index in [1.54, 1.807) is 4.90 Å². The van der Waals surface area contributed by atoms with Crippen LogP contribution in [0.4, 0.5) is 0 Å². The molecule has 0 spiro atoms. The van der Waals surface area contributed by atoms with Gasteiger partial charge in [0, 0.05) is 12.8 Å². The lowest BCUT2D eigenvalue weighted by molar-refractivity contribution is -0.906. The number of carbonyl (C=O) groups is 1. The van der Waals surface area contributed by atoms with E-state index >= 15 is 0 Å². The minimum Gasteiger partial charge on any atom is -0.492 e. The number of nitrogens with one attached hydrogen (secondary N) is 1. The zero-order chi connectivity index (χ0) is 16.5. The molecule has 1 fully saturated rings. The standard InChI is InChI=1S/C18H26BrNO3/c1-2-22-18(21)15-9-12-20(13-10-15)11-5-6-14-23-17-8-4-3-7-16(17)19/h3-4,7-8,15H,2,5-6,9-14H2,1H3/p+1. The Balaban J connectivity index is 1.56. The third-order valence-corrected chi connectivity index (χ3v) is 4.99. The van der Waals surface area contributed by atoms with Gasteiger partial charge in [-0.1, -0.05) is 12.1 Å². The van der Waals surface area contributed by atoms with Gasteiger partial charge < -0.3 is 14.4 Å². The summed E-state index contributed by atoms with van der Waals surface area (Å²) in [6.45, 7) is 6.43. The van der Waals surface area contributed by atoms with E-state index in [0.717, 1.165) is 62.1 Å². The van der Waals surface area contributed by atoms with Crippen molar-refractivity contribution in [3.05, 3.63) is 28.7 Å². The van der Waals surface area contributed by atoms with E-state index in [1.165, 1.54) is 0 Å². The summed E-state index contributed by atoms with van der Waals surface area (Å²) in [5.74, 6) is 1.03. The highest BCUT2D eigenvalue weighted by Gasteiger charge is 2.27. The van der Waals surface area contributed by atoms with Crippen LogP contribution in [0.15, 0.2) is 28.7 Å². The fraction of sp³-hybridized carbons (Fsp3) is 0.611. The Morgan fingerprint density at radius 2 is 2.00 bits per heavy atom. The van der Waals surface area contributed by atoms with E-state index in [2.05, 4.69) is 15.9 Å². The summed E-state index contributed by atoms with van der Waals surface area (Å²) in [6.07, 6.45) is 4.14. The lowest BCUT2D eigenvalue weighted by atomic mass is 9.97. The average Bonchev–Trinajstić information content (AvgIpc) is 2.57. The summed E-state index contributed by atoms with van der Waals surface area (Å²) in [6, 6.07) is 7.95. The van der Waals surface area contributed by atoms with Crippen LogP contribution in [0.3, 0.4) is 0 Å². The third kappa shape index (κ3) is 6.15. The van der Waals surface area contributed by atoms with Gasteiger partial charge in [-0.05, 0) is 47.8 Å². The van der Waals surface area contributed by atoms with Gasteiger partial charge in [-0.2, -0.15) is 0 Å². The maximum Gasteiger partial charge on any atom is 0.309 e. The molecule has 0 saturated carbocycles. The summed E-state index contributed by atoms with van der Waals surface area (Å²) in [7, 11) is 0. The minimum absolute atomic E-state index is 0.00612. The molecule has 1 heterocycles. The maximum absolute atomic E-state index is 11.7. The van der Waals surface area contributed by atoms with Crippen LogP contribution in [0.2, 0.25) is 0 Å². The number of hydrogen-bond donors (Lipinski definition) is 1. The summed E-state index contributed by atoms with van der Waals surface area (Å²) in [5.41, 5.74) is 0. The lowest BCUT2D eigenvalue weighted by Crippen LogP contribution is -3.13. The molecule has 1 aliphatic heterocycles. The maximum atomic E-state index is 11.7. The molecular weight excluding hydrogens is 358 g/mol. The highest BCUT2D eigenvalue weighted by Crippen LogP contribution is 2.23. The highest BCUT2D eigenvalue weighted by molar-refractivity contribution is 9.10. The van der Waals surface area contributed by atoms with E-state index in [4.69, 9.17) is 9.47 Å². The SMILES string of the molecule is CCOC(=O)C1CC[NH+](CCCCOc2ccccc2Br)CC1. The van der Waals surface area contributed by atoms with Crippen molar-refractivity contribution < 1.29 is 19.2 Å². The van der Waals surface area contributed by atoms with Gasteiger partial charge in [-0.25, -0.2) is 0 Å². The van der Waals surface area contributed by atoms with Crippen LogP contribution >= 0.6 is 15.9 Å². The Kier molecular flexibility index (Phi) is 7.89. The number of quaternary nitrogens is 1. The number of ether oxygens (including phenoxy) is 2. The zero-order valence-electron chi connectivity index (χ0n) is 13.9. The quantitative estimate of drug-likeness (QED) is 0.552. The molecule has 4 nitrogen and oxygen atoms in total. The third-order valence-electron chi connectivity index (χ3n) is 4.33. The molecule has 23 heavy (non-hydrogen) atoms. The first-order valence-corrected chi connectivity index (χ1v) is 9.37. The Labute approximate surface area is 147 Å². The second-order valence-corrected chi connectivity index (χ2v) is 6.87. The molecular formula is C18H27BrNO3+. The van der Waals surface area contributed by atoms with Crippen LogP contribution in [0.25, 0.3) is 0 Å². The fourth-order valence-corrected chi connectivity index (χ4v) is 3.39. The van der Waals surface area contributed by atoms with Crippen LogP contribution in [0.1, 0.15) is 32.6 Å². The van der Waals surface area contributed by atoms with E-state index in [-0.39, 0.29) is 11.9 Å². The predicted octanol–water partition coefficient (Wildman–Crippen LogP) is 2.47. The number of unbranched alkanes of at least 4 members (excludes halogenated alkanes) is 1. The van der Waals surface area contributed by atoms with Crippen molar-refractivity contribution in [1.82, 2.24) is 0 Å². The van der Waals surface area contributed by atoms with Crippen LogP contribution < -0.4 is 9.64 Å². The van der Waals surface area contributed by atoms with Gasteiger partial charge >= 0.3 is 5.97 Å². The Bertz CT molecular complexity index is 487. The largest absolute Gasteiger partial charge is 0.492 e. The van der Waals surface area contributed by atoms with E-state index < -0.39 is 0 Å². The van der Waals surface area contributed by atoms with Crippen molar-refractivity contribution >= 4 is 21.9 Å². The van der Waals surface area contributed by atoms with E-state index in [9.17, 15) is 4.79 Å². The second kappa shape index (κ2) is 9.93. The van der Waals surface area contributed by atoms with E-state index in [0.29, 0.717) is 6.61 Å². The molecule has 1 aromatic rings. The number of esters is 1. The molecule has 0 bridgehead atoms. The van der Waals surface area contributed by atoms with Crippen molar-refractivity contribution in [1.29, 1.82) is 0 Å². The average molecular weight is 385 g/mol. The number of piperidine rings is 1. The lowest BCUT2D eigenvalue weighted by Gasteiger charge is -2.28. The monoisotopic (exact) mass is 384 g/mol. The van der Waals surface area contributed by atoms with Gasteiger partial charge in [0.25, 0.3) is 0 Å². The summed E-state index contributed by atoms with van der Waals surface area (Å²) < 4.78 is 11.9. The number of para-hydroxylation sites is 1. The van der Waals surface area contributed by atoms with Gasteiger partial charge in [0.2, 0.25) is 0 Å². The second-order valence-electron chi connectivity index (χ2n) is 6.01. The van der Waals surface area contributed by atoms with Crippen LogP contribution in [-0.4, -0.2) is 38.8 Å². The molecule has 1 aromatic carbocycles. The van der Waals surface area contributed by atoms with Crippen LogP contribution in [-0.2, 0) is 9.53 Å². The molecule has 0 unspecified atom stereocenters. The van der Waals surface area contributed by atoms with E-state index in [1.807, 2.05) is 31.2 Å². The van der Waals surface area contributed by atoms with Crippen molar-refractivity contribution in [2.24, 2.45) is 5.92 Å². The molecule has 0 aliphatic carbocycles. The molecule has 1 aliphatic rings. The van der Waals surface area contributed by atoms with Crippen LogP contribution in [0.5, 0.6) is 5.75 Å². The summed E-state index contributed by atoms with van der Waals surface area (Å²) >= 11 is 3.49. The molecule has 1 saturated heterocycles. The molecule has 1 N–H and O–H groups in total. The Hall–Kier alpha value is -1.07.